The minimum absolute atomic E-state index is 0.342. The van der Waals surface area contributed by atoms with E-state index in [0.717, 1.165) is 12.8 Å². The first-order valence-corrected chi connectivity index (χ1v) is 4.92. The highest BCUT2D eigenvalue weighted by molar-refractivity contribution is 5.02. The van der Waals surface area contributed by atoms with Crippen molar-refractivity contribution >= 4 is 0 Å². The maximum atomic E-state index is 10.1. The lowest BCUT2D eigenvalue weighted by Crippen LogP contribution is -2.48. The topological polar surface area (TPSA) is 38.7 Å². The highest BCUT2D eigenvalue weighted by Crippen LogP contribution is 2.53. The van der Waals surface area contributed by atoms with Crippen molar-refractivity contribution in [2.45, 2.75) is 57.7 Å². The lowest BCUT2D eigenvalue weighted by Gasteiger charge is -2.38. The zero-order chi connectivity index (χ0) is 9.91. The Morgan fingerprint density at radius 2 is 1.85 bits per heavy atom. The molecule has 2 aliphatic rings. The zero-order valence-electron chi connectivity index (χ0n) is 8.76. The Morgan fingerprint density at radius 1 is 1.23 bits per heavy atom. The van der Waals surface area contributed by atoms with Gasteiger partial charge in [-0.3, -0.25) is 0 Å². The summed E-state index contributed by atoms with van der Waals surface area (Å²) in [6, 6.07) is 0. The summed E-state index contributed by atoms with van der Waals surface area (Å²) in [5.41, 5.74) is -0.533. The molecule has 2 rings (SSSR count). The van der Waals surface area contributed by atoms with Crippen LogP contribution in [-0.4, -0.2) is 22.3 Å². The van der Waals surface area contributed by atoms with E-state index in [2.05, 4.69) is 6.92 Å². The van der Waals surface area contributed by atoms with Gasteiger partial charge in [-0.2, -0.15) is 0 Å². The van der Waals surface area contributed by atoms with Crippen molar-refractivity contribution in [1.29, 1.82) is 0 Å². The summed E-state index contributed by atoms with van der Waals surface area (Å²) in [5.74, 6) is -1.40. The van der Waals surface area contributed by atoms with Crippen LogP contribution in [0.2, 0.25) is 0 Å². The Hall–Kier alpha value is -0.120. The van der Waals surface area contributed by atoms with Crippen LogP contribution in [0.3, 0.4) is 0 Å². The summed E-state index contributed by atoms with van der Waals surface area (Å²) in [6.07, 6.45) is 1.90. The van der Waals surface area contributed by atoms with Crippen molar-refractivity contribution in [2.24, 2.45) is 5.92 Å². The van der Waals surface area contributed by atoms with Crippen LogP contribution in [0.5, 0.6) is 0 Å². The molecule has 0 amide bonds. The summed E-state index contributed by atoms with van der Waals surface area (Å²) in [6.45, 7) is 7.62. The highest BCUT2D eigenvalue weighted by atomic mass is 16.8. The highest BCUT2D eigenvalue weighted by Gasteiger charge is 2.63. The van der Waals surface area contributed by atoms with Gasteiger partial charge in [-0.1, -0.05) is 6.92 Å². The molecule has 1 N–H and O–H groups in total. The van der Waals surface area contributed by atoms with Crippen LogP contribution in [0.25, 0.3) is 0 Å². The molecular formula is C10H18O3. The molecule has 2 aliphatic heterocycles. The molecule has 0 aliphatic carbocycles. The number of fused-ring (bicyclic) bond motifs is 2. The average molecular weight is 186 g/mol. The summed E-state index contributed by atoms with van der Waals surface area (Å²) in [7, 11) is 0. The standard InChI is InChI=1S/C10H18O3/c1-7-5-6-8(2)10(4,11)13-9(7,3)12-8/h7,11H,5-6H2,1-4H3. The van der Waals surface area contributed by atoms with Crippen LogP contribution in [0.15, 0.2) is 0 Å². The van der Waals surface area contributed by atoms with Gasteiger partial charge in [0.05, 0.1) is 0 Å². The molecule has 3 heteroatoms. The van der Waals surface area contributed by atoms with Crippen molar-refractivity contribution in [3.8, 4) is 0 Å². The molecule has 0 radical (unpaired) electrons. The zero-order valence-corrected chi connectivity index (χ0v) is 8.76. The third kappa shape index (κ3) is 1.07. The maximum absolute atomic E-state index is 10.1. The molecular weight excluding hydrogens is 168 g/mol. The Labute approximate surface area is 79.0 Å². The van der Waals surface area contributed by atoms with E-state index in [-0.39, 0.29) is 0 Å². The largest absolute Gasteiger partial charge is 0.363 e. The maximum Gasteiger partial charge on any atom is 0.195 e. The van der Waals surface area contributed by atoms with Gasteiger partial charge >= 0.3 is 0 Å². The minimum Gasteiger partial charge on any atom is -0.363 e. The summed E-state index contributed by atoms with van der Waals surface area (Å²) in [5, 5.41) is 10.1. The number of hydrogen-bond acceptors (Lipinski definition) is 3. The van der Waals surface area contributed by atoms with Gasteiger partial charge in [-0.15, -0.1) is 0 Å². The van der Waals surface area contributed by atoms with Crippen molar-refractivity contribution < 1.29 is 14.6 Å². The molecule has 2 heterocycles. The fraction of sp³-hybridized carbons (Fsp3) is 1.00. The third-order valence-electron chi connectivity index (χ3n) is 3.76. The van der Waals surface area contributed by atoms with Crippen molar-refractivity contribution in [2.75, 3.05) is 0 Å². The number of rotatable bonds is 0. The molecule has 0 aromatic rings. The Morgan fingerprint density at radius 3 is 2.38 bits per heavy atom. The Balaban J connectivity index is 2.37. The smallest absolute Gasteiger partial charge is 0.195 e. The second kappa shape index (κ2) is 2.27. The van der Waals surface area contributed by atoms with E-state index in [9.17, 15) is 5.11 Å². The first-order chi connectivity index (χ1) is 5.79. The van der Waals surface area contributed by atoms with Crippen molar-refractivity contribution in [1.82, 2.24) is 0 Å². The normalized spacial score (nSPS) is 61.2. The van der Waals surface area contributed by atoms with Gasteiger partial charge in [0.15, 0.2) is 11.6 Å². The monoisotopic (exact) mass is 186 g/mol. The Bertz CT molecular complexity index is 234. The SMILES string of the molecule is CC1CCC2(C)OC1(C)OC2(C)O. The van der Waals surface area contributed by atoms with Crippen LogP contribution in [0, 0.1) is 5.92 Å². The van der Waals surface area contributed by atoms with E-state index in [1.807, 2.05) is 13.8 Å². The van der Waals surface area contributed by atoms with Crippen LogP contribution in [0.4, 0.5) is 0 Å². The van der Waals surface area contributed by atoms with Gasteiger partial charge in [0.1, 0.15) is 5.60 Å². The predicted octanol–water partition coefficient (Wildman–Crippen LogP) is 1.65. The number of ether oxygens (including phenoxy) is 2. The first kappa shape index (κ1) is 9.44. The summed E-state index contributed by atoms with van der Waals surface area (Å²) < 4.78 is 11.4. The van der Waals surface area contributed by atoms with E-state index in [0.29, 0.717) is 5.92 Å². The molecule has 0 spiro atoms. The van der Waals surface area contributed by atoms with Crippen LogP contribution >= 0.6 is 0 Å². The van der Waals surface area contributed by atoms with Gasteiger partial charge in [-0.25, -0.2) is 0 Å². The number of hydrogen-bond donors (Lipinski definition) is 1. The van der Waals surface area contributed by atoms with E-state index < -0.39 is 17.2 Å². The Kier molecular flexibility index (Phi) is 1.65. The summed E-state index contributed by atoms with van der Waals surface area (Å²) >= 11 is 0. The third-order valence-corrected chi connectivity index (χ3v) is 3.76. The van der Waals surface area contributed by atoms with Crippen molar-refractivity contribution in [3.63, 3.8) is 0 Å². The quantitative estimate of drug-likeness (QED) is 0.625. The van der Waals surface area contributed by atoms with Gasteiger partial charge in [-0.05, 0) is 33.6 Å². The average Bonchev–Trinajstić information content (AvgIpc) is 2.10. The van der Waals surface area contributed by atoms with E-state index >= 15 is 0 Å². The lowest BCUT2D eigenvalue weighted by atomic mass is 9.84. The van der Waals surface area contributed by atoms with E-state index in [1.165, 1.54) is 0 Å². The van der Waals surface area contributed by atoms with Crippen LogP contribution in [0.1, 0.15) is 40.5 Å². The lowest BCUT2D eigenvalue weighted by molar-refractivity contribution is -0.250. The molecule has 3 nitrogen and oxygen atoms in total. The second-order valence-corrected chi connectivity index (χ2v) is 4.87. The molecule has 13 heavy (non-hydrogen) atoms. The van der Waals surface area contributed by atoms with Gasteiger partial charge in [0.2, 0.25) is 0 Å². The second-order valence-electron chi connectivity index (χ2n) is 4.87. The molecule has 2 saturated heterocycles. The molecule has 0 saturated carbocycles. The van der Waals surface area contributed by atoms with Crippen LogP contribution < -0.4 is 0 Å². The van der Waals surface area contributed by atoms with Gasteiger partial charge in [0, 0.05) is 5.92 Å². The van der Waals surface area contributed by atoms with Crippen molar-refractivity contribution in [3.05, 3.63) is 0 Å². The minimum atomic E-state index is -1.15. The first-order valence-electron chi connectivity index (χ1n) is 4.92. The fourth-order valence-corrected chi connectivity index (χ4v) is 2.30. The molecule has 0 aromatic heterocycles. The van der Waals surface area contributed by atoms with E-state index in [4.69, 9.17) is 9.47 Å². The molecule has 2 fully saturated rings. The molecule has 2 bridgehead atoms. The van der Waals surface area contributed by atoms with Gasteiger partial charge < -0.3 is 14.6 Å². The number of aliphatic hydroxyl groups is 1. The summed E-state index contributed by atoms with van der Waals surface area (Å²) in [4.78, 5) is 0. The molecule has 4 unspecified atom stereocenters. The van der Waals surface area contributed by atoms with Crippen LogP contribution in [-0.2, 0) is 9.47 Å². The predicted molar refractivity (Wildman–Crippen MR) is 48.0 cm³/mol. The molecule has 76 valence electrons. The molecule has 4 atom stereocenters. The fourth-order valence-electron chi connectivity index (χ4n) is 2.30. The van der Waals surface area contributed by atoms with Gasteiger partial charge in [0.25, 0.3) is 0 Å². The molecule has 0 aromatic carbocycles. The van der Waals surface area contributed by atoms with E-state index in [1.54, 1.807) is 6.92 Å².